The largest absolute Gasteiger partial charge is 0.370 e. The van der Waals surface area contributed by atoms with Gasteiger partial charge in [0.1, 0.15) is 0 Å². The number of ether oxygens (including phenoxy) is 1. The fourth-order valence-corrected chi connectivity index (χ4v) is 3.43. The van der Waals surface area contributed by atoms with E-state index in [0.29, 0.717) is 24.2 Å². The Morgan fingerprint density at radius 1 is 1.23 bits per heavy atom. The molecule has 0 unspecified atom stereocenters. The van der Waals surface area contributed by atoms with Gasteiger partial charge in [-0.3, -0.25) is 9.36 Å². The molecule has 0 radical (unpaired) electrons. The molecule has 0 amide bonds. The molecule has 0 saturated carbocycles. The van der Waals surface area contributed by atoms with Crippen LogP contribution in [-0.2, 0) is 30.7 Å². The van der Waals surface area contributed by atoms with E-state index in [-0.39, 0.29) is 11.2 Å². The van der Waals surface area contributed by atoms with Crippen LogP contribution in [0.15, 0.2) is 47.5 Å². The Bertz CT molecular complexity index is 993. The maximum Gasteiger partial charge on any atom is 0.262 e. The molecule has 1 aliphatic rings. The maximum absolute atomic E-state index is 12.8. The van der Waals surface area contributed by atoms with Crippen LogP contribution in [0.2, 0.25) is 0 Å². The van der Waals surface area contributed by atoms with Gasteiger partial charge < -0.3 is 4.74 Å². The van der Waals surface area contributed by atoms with Gasteiger partial charge in [-0.15, -0.1) is 0 Å². The smallest absolute Gasteiger partial charge is 0.262 e. The molecule has 134 valence electrons. The Labute approximate surface area is 152 Å². The van der Waals surface area contributed by atoms with E-state index in [0.717, 1.165) is 30.5 Å². The van der Waals surface area contributed by atoms with Gasteiger partial charge in [0.15, 0.2) is 5.65 Å². The van der Waals surface area contributed by atoms with E-state index in [4.69, 9.17) is 4.74 Å². The molecule has 0 spiro atoms. The molecule has 0 N–H and O–H groups in total. The summed E-state index contributed by atoms with van der Waals surface area (Å²) in [5.41, 5.74) is 3.55. The van der Waals surface area contributed by atoms with Crippen LogP contribution < -0.4 is 5.56 Å². The highest BCUT2D eigenvalue weighted by atomic mass is 16.5. The number of nitrogens with zero attached hydrogens (tertiary/aromatic N) is 3. The topological polar surface area (TPSA) is 57.0 Å². The number of aromatic nitrogens is 3. The zero-order chi connectivity index (χ0) is 18.1. The Morgan fingerprint density at radius 3 is 2.85 bits per heavy atom. The summed E-state index contributed by atoms with van der Waals surface area (Å²) in [7, 11) is 0. The third-order valence-electron chi connectivity index (χ3n) is 4.90. The molecule has 3 aromatic rings. The van der Waals surface area contributed by atoms with Gasteiger partial charge in [-0.1, -0.05) is 30.3 Å². The molecule has 5 nitrogen and oxygen atoms in total. The van der Waals surface area contributed by atoms with Crippen LogP contribution in [0.4, 0.5) is 0 Å². The molecule has 0 aliphatic carbocycles. The van der Waals surface area contributed by atoms with E-state index in [2.05, 4.69) is 35.9 Å². The summed E-state index contributed by atoms with van der Waals surface area (Å²) >= 11 is 0. The molecule has 2 aromatic heterocycles. The standard InChI is InChI=1S/C21H23N3O2/c1-21(2)12-18-16(13-26-21)11-17-19(23-18)22-14-24(20(17)25)10-6-9-15-7-4-3-5-8-15/h3-5,7-8,11,14H,6,9-10,12-13H2,1-2H3. The lowest BCUT2D eigenvalue weighted by molar-refractivity contribution is -0.0411. The molecule has 0 bridgehead atoms. The number of hydrogen-bond donors (Lipinski definition) is 0. The number of hydrogen-bond acceptors (Lipinski definition) is 4. The van der Waals surface area contributed by atoms with E-state index in [9.17, 15) is 4.79 Å². The summed E-state index contributed by atoms with van der Waals surface area (Å²) < 4.78 is 7.54. The van der Waals surface area contributed by atoms with Gasteiger partial charge in [0.25, 0.3) is 5.56 Å². The van der Waals surface area contributed by atoms with Crippen molar-refractivity contribution in [2.75, 3.05) is 0 Å². The van der Waals surface area contributed by atoms with Crippen LogP contribution in [0.25, 0.3) is 11.0 Å². The van der Waals surface area contributed by atoms with Crippen molar-refractivity contribution in [2.45, 2.75) is 51.9 Å². The molecule has 0 saturated heterocycles. The van der Waals surface area contributed by atoms with E-state index in [1.165, 1.54) is 5.56 Å². The average molecular weight is 349 g/mol. The van der Waals surface area contributed by atoms with Crippen molar-refractivity contribution in [3.8, 4) is 0 Å². The summed E-state index contributed by atoms with van der Waals surface area (Å²) in [5, 5.41) is 0.578. The summed E-state index contributed by atoms with van der Waals surface area (Å²) in [6.07, 6.45) is 4.20. The molecular formula is C21H23N3O2. The fourth-order valence-electron chi connectivity index (χ4n) is 3.43. The van der Waals surface area contributed by atoms with Gasteiger partial charge in [0.05, 0.1) is 29.6 Å². The van der Waals surface area contributed by atoms with Crippen molar-refractivity contribution in [1.29, 1.82) is 0 Å². The van der Waals surface area contributed by atoms with Gasteiger partial charge >= 0.3 is 0 Å². The lowest BCUT2D eigenvalue weighted by Crippen LogP contribution is -2.33. The average Bonchev–Trinajstić information content (AvgIpc) is 2.63. The molecule has 26 heavy (non-hydrogen) atoms. The van der Waals surface area contributed by atoms with Crippen molar-refractivity contribution >= 4 is 11.0 Å². The first-order valence-corrected chi connectivity index (χ1v) is 9.08. The summed E-state index contributed by atoms with van der Waals surface area (Å²) in [6.45, 7) is 5.25. The molecule has 4 rings (SSSR count). The summed E-state index contributed by atoms with van der Waals surface area (Å²) in [5.74, 6) is 0. The quantitative estimate of drug-likeness (QED) is 0.725. The highest BCUT2D eigenvalue weighted by Crippen LogP contribution is 2.27. The normalized spacial score (nSPS) is 15.8. The van der Waals surface area contributed by atoms with Crippen molar-refractivity contribution in [1.82, 2.24) is 14.5 Å². The highest BCUT2D eigenvalue weighted by Gasteiger charge is 2.27. The SMILES string of the molecule is CC1(C)Cc2nc3ncn(CCCc4ccccc4)c(=O)c3cc2CO1. The number of pyridine rings is 1. The minimum atomic E-state index is -0.222. The molecule has 1 aliphatic heterocycles. The minimum absolute atomic E-state index is 0.0248. The van der Waals surface area contributed by atoms with Crippen LogP contribution in [0.1, 0.15) is 37.1 Å². The Hall–Kier alpha value is -2.53. The van der Waals surface area contributed by atoms with Crippen molar-refractivity contribution in [3.63, 3.8) is 0 Å². The number of benzene rings is 1. The van der Waals surface area contributed by atoms with Crippen LogP contribution in [0, 0.1) is 0 Å². The summed E-state index contributed by atoms with van der Waals surface area (Å²) in [6, 6.07) is 12.2. The van der Waals surface area contributed by atoms with Gasteiger partial charge in [-0.05, 0) is 38.3 Å². The second kappa shape index (κ2) is 6.65. The molecule has 0 atom stereocenters. The van der Waals surface area contributed by atoms with Crippen molar-refractivity contribution in [2.24, 2.45) is 0 Å². The summed E-state index contributed by atoms with van der Waals surface area (Å²) in [4.78, 5) is 21.9. The van der Waals surface area contributed by atoms with Crippen LogP contribution in [0.3, 0.4) is 0 Å². The Kier molecular flexibility index (Phi) is 4.32. The number of rotatable bonds is 4. The Morgan fingerprint density at radius 2 is 2.04 bits per heavy atom. The van der Waals surface area contributed by atoms with E-state index >= 15 is 0 Å². The van der Waals surface area contributed by atoms with Gasteiger partial charge in [0, 0.05) is 18.5 Å². The third-order valence-corrected chi connectivity index (χ3v) is 4.90. The molecular weight excluding hydrogens is 326 g/mol. The minimum Gasteiger partial charge on any atom is -0.370 e. The second-order valence-electron chi connectivity index (χ2n) is 7.52. The zero-order valence-corrected chi connectivity index (χ0v) is 15.2. The van der Waals surface area contributed by atoms with Gasteiger partial charge in [-0.2, -0.15) is 0 Å². The second-order valence-corrected chi connectivity index (χ2v) is 7.52. The first kappa shape index (κ1) is 16.9. The third kappa shape index (κ3) is 3.40. The predicted molar refractivity (Wildman–Crippen MR) is 101 cm³/mol. The first-order valence-electron chi connectivity index (χ1n) is 9.08. The first-order chi connectivity index (χ1) is 12.5. The Balaban J connectivity index is 1.58. The predicted octanol–water partition coefficient (Wildman–Crippen LogP) is 3.28. The van der Waals surface area contributed by atoms with E-state index in [1.807, 2.05) is 24.3 Å². The van der Waals surface area contributed by atoms with Crippen LogP contribution in [0.5, 0.6) is 0 Å². The fraction of sp³-hybridized carbons (Fsp3) is 0.381. The molecule has 3 heterocycles. The van der Waals surface area contributed by atoms with Gasteiger partial charge in [-0.25, -0.2) is 9.97 Å². The van der Waals surface area contributed by atoms with E-state index in [1.54, 1.807) is 10.9 Å². The maximum atomic E-state index is 12.8. The molecule has 0 fully saturated rings. The lowest BCUT2D eigenvalue weighted by atomic mass is 9.95. The molecule has 1 aromatic carbocycles. The van der Waals surface area contributed by atoms with Crippen LogP contribution >= 0.6 is 0 Å². The van der Waals surface area contributed by atoms with Crippen molar-refractivity contribution < 1.29 is 4.74 Å². The lowest BCUT2D eigenvalue weighted by Gasteiger charge is -2.31. The monoisotopic (exact) mass is 349 g/mol. The number of fused-ring (bicyclic) bond motifs is 2. The van der Waals surface area contributed by atoms with Gasteiger partial charge in [0.2, 0.25) is 0 Å². The van der Waals surface area contributed by atoms with E-state index < -0.39 is 0 Å². The van der Waals surface area contributed by atoms with Crippen LogP contribution in [-0.4, -0.2) is 20.1 Å². The number of aryl methyl sites for hydroxylation is 2. The van der Waals surface area contributed by atoms with Crippen molar-refractivity contribution in [3.05, 3.63) is 69.9 Å². The zero-order valence-electron chi connectivity index (χ0n) is 15.2. The molecule has 5 heteroatoms. The highest BCUT2D eigenvalue weighted by molar-refractivity contribution is 5.74.